The summed E-state index contributed by atoms with van der Waals surface area (Å²) in [7, 11) is 0. The van der Waals surface area contributed by atoms with Gasteiger partial charge in [0.05, 0.1) is 22.6 Å². The van der Waals surface area contributed by atoms with E-state index in [0.29, 0.717) is 5.02 Å². The lowest BCUT2D eigenvalue weighted by molar-refractivity contribution is -0.384. The molecule has 1 heterocycles. The Bertz CT molecular complexity index is 1020. The molecule has 138 valence electrons. The number of carboxylic acid groups (broad SMARTS) is 1. The molecule has 0 bridgehead atoms. The van der Waals surface area contributed by atoms with Crippen molar-refractivity contribution in [1.29, 1.82) is 0 Å². The Morgan fingerprint density at radius 1 is 1.15 bits per heavy atom. The standard InChI is InChI=1S/C18H13Cl2N3O4/c19-12-7-5-11(6-8-12)10-22-15(9-16(24)25)17(20)21-18(22)13-3-1-2-4-14(13)23(26)27/h1-8H,9-10H2,(H,24,25). The van der Waals surface area contributed by atoms with Crippen LogP contribution in [0.25, 0.3) is 11.4 Å². The van der Waals surface area contributed by atoms with Crippen LogP contribution in [0.2, 0.25) is 10.2 Å². The second kappa shape index (κ2) is 7.77. The van der Waals surface area contributed by atoms with Crippen molar-refractivity contribution >= 4 is 34.9 Å². The average Bonchev–Trinajstić information content (AvgIpc) is 2.92. The Morgan fingerprint density at radius 3 is 2.44 bits per heavy atom. The van der Waals surface area contributed by atoms with E-state index < -0.39 is 10.9 Å². The summed E-state index contributed by atoms with van der Waals surface area (Å²) < 4.78 is 1.59. The van der Waals surface area contributed by atoms with Gasteiger partial charge in [0.15, 0.2) is 5.15 Å². The summed E-state index contributed by atoms with van der Waals surface area (Å²) in [5.74, 6) is -0.846. The van der Waals surface area contributed by atoms with Crippen molar-refractivity contribution in [2.45, 2.75) is 13.0 Å². The highest BCUT2D eigenvalue weighted by molar-refractivity contribution is 6.30. The first-order valence-corrected chi connectivity index (χ1v) is 8.57. The third kappa shape index (κ3) is 4.10. The number of para-hydroxylation sites is 1. The van der Waals surface area contributed by atoms with Crippen molar-refractivity contribution in [3.8, 4) is 11.4 Å². The maximum absolute atomic E-state index is 11.4. The molecule has 0 saturated carbocycles. The summed E-state index contributed by atoms with van der Waals surface area (Å²) in [6, 6.07) is 13.1. The van der Waals surface area contributed by atoms with Crippen LogP contribution >= 0.6 is 23.2 Å². The minimum Gasteiger partial charge on any atom is -0.481 e. The van der Waals surface area contributed by atoms with Gasteiger partial charge in [0, 0.05) is 17.6 Å². The van der Waals surface area contributed by atoms with Crippen molar-refractivity contribution in [1.82, 2.24) is 9.55 Å². The van der Waals surface area contributed by atoms with Crippen molar-refractivity contribution < 1.29 is 14.8 Å². The number of aromatic nitrogens is 2. The van der Waals surface area contributed by atoms with Gasteiger partial charge in [-0.2, -0.15) is 0 Å². The largest absolute Gasteiger partial charge is 0.481 e. The van der Waals surface area contributed by atoms with Crippen LogP contribution in [0.15, 0.2) is 48.5 Å². The molecule has 3 rings (SSSR count). The predicted octanol–water partition coefficient (Wildman–Crippen LogP) is 4.44. The van der Waals surface area contributed by atoms with Crippen LogP contribution in [-0.4, -0.2) is 25.6 Å². The molecule has 0 aliphatic carbocycles. The maximum atomic E-state index is 11.4. The van der Waals surface area contributed by atoms with E-state index in [1.54, 1.807) is 47.0 Å². The summed E-state index contributed by atoms with van der Waals surface area (Å²) in [6.45, 7) is 0.237. The number of nitrogens with zero attached hydrogens (tertiary/aromatic N) is 3. The monoisotopic (exact) mass is 405 g/mol. The molecule has 1 aromatic heterocycles. The van der Waals surface area contributed by atoms with E-state index in [2.05, 4.69) is 4.98 Å². The molecule has 0 fully saturated rings. The van der Waals surface area contributed by atoms with Gasteiger partial charge in [0.25, 0.3) is 5.69 Å². The van der Waals surface area contributed by atoms with Crippen LogP contribution < -0.4 is 0 Å². The van der Waals surface area contributed by atoms with Gasteiger partial charge in [-0.3, -0.25) is 14.9 Å². The zero-order valence-electron chi connectivity index (χ0n) is 13.8. The maximum Gasteiger partial charge on any atom is 0.309 e. The molecule has 2 aromatic carbocycles. The highest BCUT2D eigenvalue weighted by atomic mass is 35.5. The minimum absolute atomic E-state index is 0.000449. The minimum atomic E-state index is -1.08. The van der Waals surface area contributed by atoms with Gasteiger partial charge in [-0.05, 0) is 23.8 Å². The number of nitro benzene ring substituents is 1. The second-order valence-electron chi connectivity index (χ2n) is 5.73. The van der Waals surface area contributed by atoms with E-state index in [-0.39, 0.29) is 40.9 Å². The Morgan fingerprint density at radius 2 is 1.81 bits per heavy atom. The zero-order chi connectivity index (χ0) is 19.6. The highest BCUT2D eigenvalue weighted by Gasteiger charge is 2.24. The lowest BCUT2D eigenvalue weighted by atomic mass is 10.1. The quantitative estimate of drug-likeness (QED) is 0.482. The lowest BCUT2D eigenvalue weighted by Crippen LogP contribution is -2.11. The Kier molecular flexibility index (Phi) is 5.43. The van der Waals surface area contributed by atoms with E-state index >= 15 is 0 Å². The molecule has 0 aliphatic rings. The Labute approximate surface area is 163 Å². The van der Waals surface area contributed by atoms with Crippen LogP contribution in [0.3, 0.4) is 0 Å². The van der Waals surface area contributed by atoms with Crippen LogP contribution in [0.5, 0.6) is 0 Å². The summed E-state index contributed by atoms with van der Waals surface area (Å²) in [4.78, 5) is 26.4. The van der Waals surface area contributed by atoms with Gasteiger partial charge >= 0.3 is 5.97 Å². The van der Waals surface area contributed by atoms with Crippen molar-refractivity contribution in [3.63, 3.8) is 0 Å². The van der Waals surface area contributed by atoms with Gasteiger partial charge in [-0.25, -0.2) is 4.98 Å². The van der Waals surface area contributed by atoms with Crippen molar-refractivity contribution in [3.05, 3.63) is 80.1 Å². The molecule has 0 atom stereocenters. The van der Waals surface area contributed by atoms with Gasteiger partial charge < -0.3 is 9.67 Å². The third-order valence-corrected chi connectivity index (χ3v) is 4.49. The fraction of sp³-hybridized carbons (Fsp3) is 0.111. The van der Waals surface area contributed by atoms with E-state index in [1.807, 2.05) is 0 Å². The molecule has 9 heteroatoms. The molecule has 27 heavy (non-hydrogen) atoms. The van der Waals surface area contributed by atoms with E-state index in [9.17, 15) is 20.0 Å². The van der Waals surface area contributed by atoms with Crippen LogP contribution in [0.4, 0.5) is 5.69 Å². The van der Waals surface area contributed by atoms with E-state index in [4.69, 9.17) is 23.2 Å². The molecule has 0 aliphatic heterocycles. The summed E-state index contributed by atoms with van der Waals surface area (Å²) in [5, 5.41) is 21.2. The lowest BCUT2D eigenvalue weighted by Gasteiger charge is -2.12. The number of hydrogen-bond donors (Lipinski definition) is 1. The molecule has 0 amide bonds. The molecular weight excluding hydrogens is 393 g/mol. The van der Waals surface area contributed by atoms with Crippen molar-refractivity contribution in [2.24, 2.45) is 0 Å². The first-order valence-electron chi connectivity index (χ1n) is 7.81. The third-order valence-electron chi connectivity index (χ3n) is 3.94. The van der Waals surface area contributed by atoms with Crippen LogP contribution in [-0.2, 0) is 17.8 Å². The van der Waals surface area contributed by atoms with Gasteiger partial charge in [0.1, 0.15) is 5.82 Å². The van der Waals surface area contributed by atoms with Crippen LogP contribution in [0, 0.1) is 10.1 Å². The summed E-state index contributed by atoms with van der Waals surface area (Å²) >= 11 is 12.1. The number of rotatable bonds is 6. The zero-order valence-corrected chi connectivity index (χ0v) is 15.3. The molecule has 1 N–H and O–H groups in total. The average molecular weight is 406 g/mol. The molecule has 0 radical (unpaired) electrons. The number of halogens is 2. The molecule has 7 nitrogen and oxygen atoms in total. The second-order valence-corrected chi connectivity index (χ2v) is 6.52. The molecule has 0 saturated heterocycles. The number of nitro groups is 1. The van der Waals surface area contributed by atoms with Gasteiger partial charge in [0.2, 0.25) is 0 Å². The Hall–Kier alpha value is -2.90. The molecule has 0 spiro atoms. The predicted molar refractivity (Wildman–Crippen MR) is 101 cm³/mol. The van der Waals surface area contributed by atoms with Gasteiger partial charge in [-0.15, -0.1) is 0 Å². The number of carboxylic acids is 1. The normalized spacial score (nSPS) is 10.7. The summed E-state index contributed by atoms with van der Waals surface area (Å²) in [6.07, 6.45) is -0.361. The fourth-order valence-corrected chi connectivity index (χ4v) is 3.11. The fourth-order valence-electron chi connectivity index (χ4n) is 2.74. The molecule has 0 unspecified atom stereocenters. The number of hydrogen-bond acceptors (Lipinski definition) is 4. The SMILES string of the molecule is O=C(O)Cc1c(Cl)nc(-c2ccccc2[N+](=O)[O-])n1Cc1ccc(Cl)cc1. The first kappa shape index (κ1) is 18.9. The molecule has 3 aromatic rings. The molecular formula is C18H13Cl2N3O4. The Balaban J connectivity index is 2.18. The summed E-state index contributed by atoms with van der Waals surface area (Å²) in [5.41, 5.74) is 1.21. The topological polar surface area (TPSA) is 98.3 Å². The van der Waals surface area contributed by atoms with Crippen molar-refractivity contribution in [2.75, 3.05) is 0 Å². The number of carbonyl (C=O) groups is 1. The smallest absolute Gasteiger partial charge is 0.309 e. The highest BCUT2D eigenvalue weighted by Crippen LogP contribution is 2.33. The first-order chi connectivity index (χ1) is 12.9. The number of imidazole rings is 1. The van der Waals surface area contributed by atoms with Gasteiger partial charge in [-0.1, -0.05) is 47.5 Å². The van der Waals surface area contributed by atoms with E-state index in [0.717, 1.165) is 5.56 Å². The van der Waals surface area contributed by atoms with E-state index in [1.165, 1.54) is 6.07 Å². The number of aliphatic carboxylic acids is 1. The van der Waals surface area contributed by atoms with Crippen LogP contribution in [0.1, 0.15) is 11.3 Å². The number of benzene rings is 2.